The molecule has 136 valence electrons. The van der Waals surface area contributed by atoms with E-state index in [-0.39, 0.29) is 11.9 Å². The zero-order chi connectivity index (χ0) is 18.5. The van der Waals surface area contributed by atoms with E-state index in [1.165, 1.54) is 6.92 Å². The molecule has 0 aliphatic carbocycles. The lowest BCUT2D eigenvalue weighted by Crippen LogP contribution is -2.23. The number of nitrogens with zero attached hydrogens (tertiary/aromatic N) is 1. The van der Waals surface area contributed by atoms with Gasteiger partial charge in [0.1, 0.15) is 29.7 Å². The number of aromatic nitrogens is 1. The monoisotopic (exact) mass is 354 g/mol. The highest BCUT2D eigenvalue weighted by molar-refractivity contribution is 5.75. The first-order chi connectivity index (χ1) is 12.5. The molecule has 1 heterocycles. The Morgan fingerprint density at radius 2 is 1.85 bits per heavy atom. The van der Waals surface area contributed by atoms with Gasteiger partial charge in [-0.05, 0) is 55.8 Å². The predicted octanol–water partition coefficient (Wildman–Crippen LogP) is 4.00. The third kappa shape index (κ3) is 4.33. The number of benzene rings is 2. The Hall–Kier alpha value is -3.02. The molecule has 0 saturated carbocycles. The number of ether oxygens (including phenoxy) is 2. The fraction of sp³-hybridized carbons (Fsp3) is 0.300. The number of hydrogen-bond donors (Lipinski definition) is 1. The van der Waals surface area contributed by atoms with Gasteiger partial charge in [0.05, 0.1) is 6.61 Å². The minimum Gasteiger partial charge on any atom is -0.494 e. The Labute approximate surface area is 152 Å². The molecule has 1 atom stereocenters. The van der Waals surface area contributed by atoms with Gasteiger partial charge in [-0.2, -0.15) is 0 Å². The largest absolute Gasteiger partial charge is 0.494 e. The van der Waals surface area contributed by atoms with Gasteiger partial charge in [-0.15, -0.1) is 0 Å². The first-order valence-corrected chi connectivity index (χ1v) is 8.57. The molecule has 1 amide bonds. The van der Waals surface area contributed by atoms with Gasteiger partial charge in [0.15, 0.2) is 5.58 Å². The lowest BCUT2D eigenvalue weighted by molar-refractivity contribution is -0.119. The highest BCUT2D eigenvalue weighted by Gasteiger charge is 2.14. The van der Waals surface area contributed by atoms with E-state index in [9.17, 15) is 4.79 Å². The van der Waals surface area contributed by atoms with Crippen molar-refractivity contribution in [1.82, 2.24) is 10.3 Å². The lowest BCUT2D eigenvalue weighted by Gasteiger charge is -2.08. The number of rotatable bonds is 7. The highest BCUT2D eigenvalue weighted by Crippen LogP contribution is 2.23. The SMILES string of the molecule is CCOc1ccc(OCc2ccc3nc(C(C)NC(C)=O)oc3c2)cc1. The summed E-state index contributed by atoms with van der Waals surface area (Å²) in [5.41, 5.74) is 2.40. The van der Waals surface area contributed by atoms with Crippen LogP contribution < -0.4 is 14.8 Å². The van der Waals surface area contributed by atoms with Crippen LogP contribution in [0.4, 0.5) is 0 Å². The molecule has 1 N–H and O–H groups in total. The molecule has 0 aliphatic rings. The van der Waals surface area contributed by atoms with Crippen molar-refractivity contribution >= 4 is 17.0 Å². The van der Waals surface area contributed by atoms with Crippen LogP contribution in [0.3, 0.4) is 0 Å². The highest BCUT2D eigenvalue weighted by atomic mass is 16.5. The van der Waals surface area contributed by atoms with Gasteiger partial charge in [0.2, 0.25) is 11.8 Å². The van der Waals surface area contributed by atoms with Gasteiger partial charge in [0, 0.05) is 6.92 Å². The second kappa shape index (κ2) is 7.91. The fourth-order valence-corrected chi connectivity index (χ4v) is 2.59. The number of amides is 1. The second-order valence-electron chi connectivity index (χ2n) is 5.97. The van der Waals surface area contributed by atoms with E-state index in [0.717, 1.165) is 22.6 Å². The molecule has 1 aromatic heterocycles. The van der Waals surface area contributed by atoms with Gasteiger partial charge in [0.25, 0.3) is 0 Å². The molecule has 0 spiro atoms. The number of oxazole rings is 1. The molecule has 26 heavy (non-hydrogen) atoms. The number of nitrogens with one attached hydrogen (secondary N) is 1. The van der Waals surface area contributed by atoms with Gasteiger partial charge in [-0.1, -0.05) is 6.07 Å². The van der Waals surface area contributed by atoms with Crippen LogP contribution in [0.15, 0.2) is 46.9 Å². The van der Waals surface area contributed by atoms with E-state index in [2.05, 4.69) is 10.3 Å². The third-order valence-electron chi connectivity index (χ3n) is 3.80. The average Bonchev–Trinajstić information content (AvgIpc) is 3.04. The van der Waals surface area contributed by atoms with Crippen molar-refractivity contribution in [3.05, 3.63) is 53.9 Å². The Morgan fingerprint density at radius 1 is 1.15 bits per heavy atom. The maximum absolute atomic E-state index is 11.2. The summed E-state index contributed by atoms with van der Waals surface area (Å²) in [6, 6.07) is 13.0. The van der Waals surface area contributed by atoms with Gasteiger partial charge >= 0.3 is 0 Å². The molecule has 0 saturated heterocycles. The van der Waals surface area contributed by atoms with E-state index in [1.807, 2.05) is 56.3 Å². The second-order valence-corrected chi connectivity index (χ2v) is 5.97. The first kappa shape index (κ1) is 17.8. The summed E-state index contributed by atoms with van der Waals surface area (Å²) in [4.78, 5) is 15.6. The minimum atomic E-state index is -0.275. The Bertz CT molecular complexity index is 886. The van der Waals surface area contributed by atoms with Crippen molar-refractivity contribution in [2.45, 2.75) is 33.4 Å². The first-order valence-electron chi connectivity index (χ1n) is 8.57. The van der Waals surface area contributed by atoms with Crippen LogP contribution in [0.25, 0.3) is 11.1 Å². The number of fused-ring (bicyclic) bond motifs is 1. The summed E-state index contributed by atoms with van der Waals surface area (Å²) < 4.78 is 17.0. The minimum absolute atomic E-state index is 0.121. The van der Waals surface area contributed by atoms with Crippen molar-refractivity contribution in [3.63, 3.8) is 0 Å². The molecule has 0 radical (unpaired) electrons. The molecule has 6 heteroatoms. The number of hydrogen-bond acceptors (Lipinski definition) is 5. The average molecular weight is 354 g/mol. The quantitative estimate of drug-likeness (QED) is 0.694. The van der Waals surface area contributed by atoms with Crippen molar-refractivity contribution < 1.29 is 18.7 Å². The normalized spacial score (nSPS) is 12.0. The summed E-state index contributed by atoms with van der Waals surface area (Å²) in [7, 11) is 0. The molecule has 3 aromatic rings. The molecule has 6 nitrogen and oxygen atoms in total. The van der Waals surface area contributed by atoms with E-state index >= 15 is 0 Å². The molecule has 0 bridgehead atoms. The van der Waals surface area contributed by atoms with Gasteiger partial charge in [-0.3, -0.25) is 4.79 Å². The molecule has 3 rings (SSSR count). The summed E-state index contributed by atoms with van der Waals surface area (Å²) in [6.45, 7) is 6.31. The van der Waals surface area contributed by atoms with Crippen molar-refractivity contribution in [2.75, 3.05) is 6.61 Å². The van der Waals surface area contributed by atoms with Crippen LogP contribution in [0.5, 0.6) is 11.5 Å². The molecular weight excluding hydrogens is 332 g/mol. The zero-order valence-corrected chi connectivity index (χ0v) is 15.1. The van der Waals surface area contributed by atoms with Crippen molar-refractivity contribution in [2.24, 2.45) is 0 Å². The smallest absolute Gasteiger partial charge is 0.217 e. The number of carbonyl (C=O) groups is 1. The molecule has 2 aromatic carbocycles. The lowest BCUT2D eigenvalue weighted by atomic mass is 10.2. The Morgan fingerprint density at radius 3 is 2.50 bits per heavy atom. The summed E-state index contributed by atoms with van der Waals surface area (Å²) >= 11 is 0. The molecular formula is C20H22N2O4. The van der Waals surface area contributed by atoms with E-state index in [4.69, 9.17) is 13.9 Å². The van der Waals surface area contributed by atoms with Gasteiger partial charge < -0.3 is 19.2 Å². The summed E-state index contributed by atoms with van der Waals surface area (Å²) in [5, 5.41) is 2.76. The summed E-state index contributed by atoms with van der Waals surface area (Å²) in [5.74, 6) is 1.96. The maximum Gasteiger partial charge on any atom is 0.217 e. The standard InChI is InChI=1S/C20H22N2O4/c1-4-24-16-6-8-17(9-7-16)25-12-15-5-10-18-19(11-15)26-20(22-18)13(2)21-14(3)23/h5-11,13H,4,12H2,1-3H3,(H,21,23). The van der Waals surface area contributed by atoms with Crippen LogP contribution in [0.2, 0.25) is 0 Å². The fourth-order valence-electron chi connectivity index (χ4n) is 2.59. The summed E-state index contributed by atoms with van der Waals surface area (Å²) in [6.07, 6.45) is 0. The molecule has 1 unspecified atom stereocenters. The zero-order valence-electron chi connectivity index (χ0n) is 15.1. The Balaban J connectivity index is 1.67. The van der Waals surface area contributed by atoms with Crippen LogP contribution >= 0.6 is 0 Å². The topological polar surface area (TPSA) is 73.6 Å². The van der Waals surface area contributed by atoms with Crippen LogP contribution in [0, 0.1) is 0 Å². The van der Waals surface area contributed by atoms with Crippen LogP contribution in [0.1, 0.15) is 38.3 Å². The number of carbonyl (C=O) groups excluding carboxylic acids is 1. The van der Waals surface area contributed by atoms with Gasteiger partial charge in [-0.25, -0.2) is 4.98 Å². The molecule has 0 aliphatic heterocycles. The van der Waals surface area contributed by atoms with E-state index < -0.39 is 0 Å². The van der Waals surface area contributed by atoms with Crippen LogP contribution in [-0.4, -0.2) is 17.5 Å². The van der Waals surface area contributed by atoms with Crippen molar-refractivity contribution in [1.29, 1.82) is 0 Å². The predicted molar refractivity (Wildman–Crippen MR) is 98.2 cm³/mol. The maximum atomic E-state index is 11.2. The van der Waals surface area contributed by atoms with E-state index in [1.54, 1.807) is 0 Å². The van der Waals surface area contributed by atoms with Crippen LogP contribution in [-0.2, 0) is 11.4 Å². The van der Waals surface area contributed by atoms with Crippen molar-refractivity contribution in [3.8, 4) is 11.5 Å². The van der Waals surface area contributed by atoms with E-state index in [0.29, 0.717) is 24.7 Å². The Kier molecular flexibility index (Phi) is 5.41. The third-order valence-corrected chi connectivity index (χ3v) is 3.80. The molecule has 0 fully saturated rings.